The molecule has 1 unspecified atom stereocenters. The van der Waals surface area contributed by atoms with Gasteiger partial charge in [0.05, 0.1) is 23.7 Å². The van der Waals surface area contributed by atoms with Crippen LogP contribution in [0.15, 0.2) is 65.7 Å². The number of para-hydroxylation sites is 1. The Morgan fingerprint density at radius 2 is 1.88 bits per heavy atom. The summed E-state index contributed by atoms with van der Waals surface area (Å²) < 4.78 is 0. The van der Waals surface area contributed by atoms with Crippen LogP contribution in [0.2, 0.25) is 0 Å². The van der Waals surface area contributed by atoms with Crippen molar-refractivity contribution < 1.29 is 0 Å². The maximum atomic E-state index is 12.4. The molecular formula is C19H14N4O. The molecule has 0 amide bonds. The predicted octanol–water partition coefficient (Wildman–Crippen LogP) is 2.93. The second-order valence-electron chi connectivity index (χ2n) is 5.70. The molecule has 4 rings (SSSR count). The molecule has 2 heterocycles. The second kappa shape index (κ2) is 5.67. The van der Waals surface area contributed by atoms with Gasteiger partial charge >= 0.3 is 0 Å². The van der Waals surface area contributed by atoms with Crippen molar-refractivity contribution in [3.8, 4) is 6.07 Å². The molecular weight excluding hydrogens is 300 g/mol. The number of fused-ring (bicyclic) bond motifs is 1. The summed E-state index contributed by atoms with van der Waals surface area (Å²) >= 11 is 0. The van der Waals surface area contributed by atoms with E-state index < -0.39 is 0 Å². The number of nitrogens with one attached hydrogen (secondary N) is 1. The average molecular weight is 314 g/mol. The van der Waals surface area contributed by atoms with E-state index in [2.05, 4.69) is 16.0 Å². The van der Waals surface area contributed by atoms with E-state index in [0.717, 1.165) is 16.9 Å². The van der Waals surface area contributed by atoms with Crippen molar-refractivity contribution in [2.75, 3.05) is 11.4 Å². The van der Waals surface area contributed by atoms with E-state index >= 15 is 0 Å². The summed E-state index contributed by atoms with van der Waals surface area (Å²) in [6.07, 6.45) is 1.45. The summed E-state index contributed by atoms with van der Waals surface area (Å²) in [6, 6.07) is 19.4. The van der Waals surface area contributed by atoms with Crippen LogP contribution in [0.5, 0.6) is 0 Å². The van der Waals surface area contributed by atoms with Crippen LogP contribution in [0, 0.1) is 11.3 Å². The molecule has 1 N–H and O–H groups in total. The predicted molar refractivity (Wildman–Crippen MR) is 91.3 cm³/mol. The summed E-state index contributed by atoms with van der Waals surface area (Å²) in [7, 11) is 0. The van der Waals surface area contributed by atoms with Crippen molar-refractivity contribution in [3.63, 3.8) is 0 Å². The molecule has 5 heteroatoms. The fraction of sp³-hybridized carbons (Fsp3) is 0.105. The number of H-pyrrole nitrogens is 1. The van der Waals surface area contributed by atoms with Crippen LogP contribution in [-0.2, 0) is 0 Å². The van der Waals surface area contributed by atoms with Gasteiger partial charge in [0.2, 0.25) is 0 Å². The monoisotopic (exact) mass is 314 g/mol. The Balaban J connectivity index is 1.83. The number of hydrogen-bond acceptors (Lipinski definition) is 4. The highest BCUT2D eigenvalue weighted by Gasteiger charge is 2.34. The van der Waals surface area contributed by atoms with Gasteiger partial charge in [0, 0.05) is 18.2 Å². The van der Waals surface area contributed by atoms with Gasteiger partial charge in [0.25, 0.3) is 5.56 Å². The molecule has 116 valence electrons. The summed E-state index contributed by atoms with van der Waals surface area (Å²) in [5.74, 6) is -0.00440. The highest BCUT2D eigenvalue weighted by molar-refractivity contribution is 5.70. The van der Waals surface area contributed by atoms with E-state index in [1.807, 2.05) is 47.4 Å². The fourth-order valence-corrected chi connectivity index (χ4v) is 3.18. The van der Waals surface area contributed by atoms with Gasteiger partial charge < -0.3 is 9.88 Å². The molecule has 0 aliphatic carbocycles. The minimum absolute atomic E-state index is 0.00440. The summed E-state index contributed by atoms with van der Waals surface area (Å²) in [4.78, 5) is 21.5. The number of nitrogens with zero attached hydrogens (tertiary/aromatic N) is 3. The number of nitriles is 1. The molecule has 1 atom stereocenters. The van der Waals surface area contributed by atoms with Crippen molar-refractivity contribution in [1.29, 1.82) is 5.26 Å². The standard InChI is InChI=1S/C19H14N4O/c20-10-13-6-8-14(9-7-13)16-11-23(15-4-2-1-3-5-15)18-17(16)21-12-22-19(18)24/h1-9,12,16H,11H2,(H,21,22,24). The smallest absolute Gasteiger partial charge is 0.274 e. The Morgan fingerprint density at radius 1 is 1.12 bits per heavy atom. The first-order valence-corrected chi connectivity index (χ1v) is 7.68. The Kier molecular flexibility index (Phi) is 3.36. The molecule has 1 aromatic heterocycles. The highest BCUT2D eigenvalue weighted by atomic mass is 16.1. The van der Waals surface area contributed by atoms with Crippen molar-refractivity contribution in [2.24, 2.45) is 0 Å². The molecule has 24 heavy (non-hydrogen) atoms. The number of hydrogen-bond donors (Lipinski definition) is 1. The molecule has 0 bridgehead atoms. The topological polar surface area (TPSA) is 72.8 Å². The van der Waals surface area contributed by atoms with Gasteiger partial charge in [-0.3, -0.25) is 4.79 Å². The lowest BCUT2D eigenvalue weighted by molar-refractivity contribution is 0.833. The normalized spacial score (nSPS) is 15.8. The third-order valence-electron chi connectivity index (χ3n) is 4.33. The maximum absolute atomic E-state index is 12.4. The molecule has 3 aromatic rings. The summed E-state index contributed by atoms with van der Waals surface area (Å²) in [5, 5.41) is 8.96. The van der Waals surface area contributed by atoms with E-state index in [-0.39, 0.29) is 11.5 Å². The first-order chi connectivity index (χ1) is 11.8. The molecule has 0 radical (unpaired) electrons. The number of aromatic nitrogens is 2. The highest BCUT2D eigenvalue weighted by Crippen LogP contribution is 2.40. The first-order valence-electron chi connectivity index (χ1n) is 7.68. The third-order valence-corrected chi connectivity index (χ3v) is 4.33. The quantitative estimate of drug-likeness (QED) is 0.789. The number of rotatable bonds is 2. The van der Waals surface area contributed by atoms with Crippen LogP contribution < -0.4 is 10.5 Å². The lowest BCUT2D eigenvalue weighted by Gasteiger charge is -2.19. The largest absolute Gasteiger partial charge is 0.334 e. The van der Waals surface area contributed by atoms with Crippen LogP contribution in [0.3, 0.4) is 0 Å². The van der Waals surface area contributed by atoms with E-state index in [1.165, 1.54) is 6.33 Å². The molecule has 1 aliphatic rings. The van der Waals surface area contributed by atoms with Gasteiger partial charge in [-0.15, -0.1) is 0 Å². The van der Waals surface area contributed by atoms with Crippen molar-refractivity contribution >= 4 is 11.4 Å². The Bertz CT molecular complexity index is 971. The molecule has 0 spiro atoms. The SMILES string of the molecule is N#Cc1ccc(C2CN(c3ccccc3)c3c2nc[nH]c3=O)cc1. The van der Waals surface area contributed by atoms with Gasteiger partial charge in [0.15, 0.2) is 0 Å². The minimum atomic E-state index is -0.139. The van der Waals surface area contributed by atoms with Crippen molar-refractivity contribution in [1.82, 2.24) is 9.97 Å². The zero-order valence-electron chi connectivity index (χ0n) is 12.8. The van der Waals surface area contributed by atoms with Crippen LogP contribution >= 0.6 is 0 Å². The van der Waals surface area contributed by atoms with Crippen LogP contribution in [0.1, 0.15) is 22.7 Å². The maximum Gasteiger partial charge on any atom is 0.274 e. The second-order valence-corrected chi connectivity index (χ2v) is 5.70. The van der Waals surface area contributed by atoms with Crippen LogP contribution in [-0.4, -0.2) is 16.5 Å². The van der Waals surface area contributed by atoms with Gasteiger partial charge in [0.1, 0.15) is 5.69 Å². The lowest BCUT2D eigenvalue weighted by atomic mass is 9.96. The number of benzene rings is 2. The van der Waals surface area contributed by atoms with Gasteiger partial charge in [-0.2, -0.15) is 5.26 Å². The first kappa shape index (κ1) is 14.2. The molecule has 1 aliphatic heterocycles. The molecule has 2 aromatic carbocycles. The Labute approximate surface area is 138 Å². The molecule has 0 saturated carbocycles. The van der Waals surface area contributed by atoms with Crippen LogP contribution in [0.4, 0.5) is 11.4 Å². The molecule has 0 saturated heterocycles. The van der Waals surface area contributed by atoms with E-state index in [0.29, 0.717) is 17.8 Å². The van der Waals surface area contributed by atoms with E-state index in [1.54, 1.807) is 12.1 Å². The Morgan fingerprint density at radius 3 is 2.58 bits per heavy atom. The number of aromatic amines is 1. The van der Waals surface area contributed by atoms with Crippen molar-refractivity contribution in [3.05, 3.63) is 88.1 Å². The Hall–Kier alpha value is -3.39. The lowest BCUT2D eigenvalue weighted by Crippen LogP contribution is -2.21. The van der Waals surface area contributed by atoms with Gasteiger partial charge in [-0.25, -0.2) is 4.98 Å². The summed E-state index contributed by atoms with van der Waals surface area (Å²) in [5.41, 5.74) is 3.86. The number of anilines is 2. The summed E-state index contributed by atoms with van der Waals surface area (Å²) in [6.45, 7) is 0.644. The minimum Gasteiger partial charge on any atom is -0.334 e. The van der Waals surface area contributed by atoms with E-state index in [9.17, 15) is 4.79 Å². The van der Waals surface area contributed by atoms with Gasteiger partial charge in [-0.1, -0.05) is 30.3 Å². The molecule has 5 nitrogen and oxygen atoms in total. The van der Waals surface area contributed by atoms with Gasteiger partial charge in [-0.05, 0) is 29.8 Å². The fourth-order valence-electron chi connectivity index (χ4n) is 3.18. The van der Waals surface area contributed by atoms with Crippen LogP contribution in [0.25, 0.3) is 0 Å². The third kappa shape index (κ3) is 2.25. The molecule has 0 fully saturated rings. The average Bonchev–Trinajstić information content (AvgIpc) is 3.04. The van der Waals surface area contributed by atoms with Crippen molar-refractivity contribution in [2.45, 2.75) is 5.92 Å². The zero-order valence-corrected chi connectivity index (χ0v) is 12.8. The van der Waals surface area contributed by atoms with E-state index in [4.69, 9.17) is 5.26 Å². The zero-order chi connectivity index (χ0) is 16.5.